The molecule has 0 amide bonds. The monoisotopic (exact) mass is 371 g/mol. The zero-order chi connectivity index (χ0) is 15.8. The summed E-state index contributed by atoms with van der Waals surface area (Å²) in [7, 11) is 0. The number of hydrogen-bond donors (Lipinski definition) is 0. The highest BCUT2D eigenvalue weighted by Gasteiger charge is 2.10. The lowest BCUT2D eigenvalue weighted by Crippen LogP contribution is -2.01. The molecule has 0 unspecified atom stereocenters. The zero-order valence-corrected chi connectivity index (χ0v) is 13.5. The van der Waals surface area contributed by atoms with Crippen LogP contribution < -0.4 is 4.74 Å². The molecule has 3 heterocycles. The molecule has 0 aliphatic rings. The van der Waals surface area contributed by atoms with Crippen molar-refractivity contribution in [3.05, 3.63) is 71.0 Å². The maximum absolute atomic E-state index is 13.9. The molecule has 0 atom stereocenters. The zero-order valence-electron chi connectivity index (χ0n) is 11.9. The molecule has 0 aliphatic heterocycles. The summed E-state index contributed by atoms with van der Waals surface area (Å²) in [6.45, 7) is 0.283. The van der Waals surface area contributed by atoms with E-state index in [0.29, 0.717) is 4.47 Å². The number of pyridine rings is 2. The van der Waals surface area contributed by atoms with E-state index in [4.69, 9.17) is 4.74 Å². The van der Waals surface area contributed by atoms with Crippen molar-refractivity contribution in [2.75, 3.05) is 0 Å². The van der Waals surface area contributed by atoms with Gasteiger partial charge in [0.15, 0.2) is 11.5 Å². The predicted octanol–water partition coefficient (Wildman–Crippen LogP) is 4.36. The van der Waals surface area contributed by atoms with Gasteiger partial charge in [0.05, 0.1) is 17.4 Å². The Kier molecular flexibility index (Phi) is 3.46. The van der Waals surface area contributed by atoms with Crippen LogP contribution in [0.25, 0.3) is 16.6 Å². The van der Waals surface area contributed by atoms with Crippen molar-refractivity contribution < 1.29 is 9.13 Å². The molecule has 1 aromatic carbocycles. The van der Waals surface area contributed by atoms with Crippen LogP contribution in [0.15, 0.2) is 59.5 Å². The van der Waals surface area contributed by atoms with Crippen LogP contribution >= 0.6 is 15.9 Å². The Morgan fingerprint density at radius 2 is 2.04 bits per heavy atom. The summed E-state index contributed by atoms with van der Waals surface area (Å²) in [5.41, 5.74) is 1.92. The molecule has 0 aliphatic carbocycles. The fourth-order valence-electron chi connectivity index (χ4n) is 2.52. The molecule has 23 heavy (non-hydrogen) atoms. The van der Waals surface area contributed by atoms with Crippen molar-refractivity contribution in [3.8, 4) is 5.75 Å². The first-order valence-corrected chi connectivity index (χ1v) is 7.79. The molecule has 0 radical (unpaired) electrons. The summed E-state index contributed by atoms with van der Waals surface area (Å²) in [5, 5.41) is 0.941. The Morgan fingerprint density at radius 3 is 2.96 bits per heavy atom. The molecule has 3 aromatic heterocycles. The Hall–Kier alpha value is -2.47. The van der Waals surface area contributed by atoms with Gasteiger partial charge in [-0.2, -0.15) is 0 Å². The van der Waals surface area contributed by atoms with Crippen LogP contribution in [0.2, 0.25) is 0 Å². The second-order valence-electron chi connectivity index (χ2n) is 5.06. The van der Waals surface area contributed by atoms with Crippen molar-refractivity contribution in [1.29, 1.82) is 0 Å². The standard InChI is InChI=1S/C17H11BrFN3O/c18-11-7-14(19)17-21-8-12(22(17)9-11)10-23-16-5-6-20-15-4-2-1-3-13(15)16/h1-9H,10H2. The van der Waals surface area contributed by atoms with Crippen molar-refractivity contribution in [1.82, 2.24) is 14.4 Å². The number of aromatic nitrogens is 3. The highest BCUT2D eigenvalue weighted by atomic mass is 79.9. The third-order valence-corrected chi connectivity index (χ3v) is 4.02. The lowest BCUT2D eigenvalue weighted by Gasteiger charge is -2.09. The number of imidazole rings is 1. The lowest BCUT2D eigenvalue weighted by molar-refractivity contribution is 0.303. The minimum absolute atomic E-state index is 0.283. The molecule has 0 saturated heterocycles. The van der Waals surface area contributed by atoms with Gasteiger partial charge in [-0.3, -0.25) is 9.38 Å². The van der Waals surface area contributed by atoms with E-state index in [1.54, 1.807) is 23.0 Å². The van der Waals surface area contributed by atoms with E-state index < -0.39 is 0 Å². The average molecular weight is 372 g/mol. The van der Waals surface area contributed by atoms with Crippen LogP contribution in [0.3, 0.4) is 0 Å². The SMILES string of the molecule is Fc1cc(Br)cn2c(COc3ccnc4ccccc34)cnc12. The van der Waals surface area contributed by atoms with Crippen LogP contribution in [-0.4, -0.2) is 14.4 Å². The molecule has 0 fully saturated rings. The van der Waals surface area contributed by atoms with Gasteiger partial charge in [0.25, 0.3) is 0 Å². The first kappa shape index (κ1) is 14.1. The van der Waals surface area contributed by atoms with Crippen LogP contribution in [0.1, 0.15) is 5.69 Å². The number of para-hydroxylation sites is 1. The second-order valence-corrected chi connectivity index (χ2v) is 5.98. The summed E-state index contributed by atoms with van der Waals surface area (Å²) in [6.07, 6.45) is 5.10. The van der Waals surface area contributed by atoms with Gasteiger partial charge in [-0.15, -0.1) is 0 Å². The van der Waals surface area contributed by atoms with Crippen molar-refractivity contribution in [2.24, 2.45) is 0 Å². The summed E-state index contributed by atoms with van der Waals surface area (Å²) >= 11 is 3.29. The summed E-state index contributed by atoms with van der Waals surface area (Å²) < 4.78 is 22.1. The molecule has 4 aromatic rings. The van der Waals surface area contributed by atoms with E-state index in [-0.39, 0.29) is 18.1 Å². The first-order chi connectivity index (χ1) is 11.2. The molecular weight excluding hydrogens is 361 g/mol. The fraction of sp³-hybridized carbons (Fsp3) is 0.0588. The summed E-state index contributed by atoms with van der Waals surface area (Å²) in [6, 6.07) is 11.0. The van der Waals surface area contributed by atoms with E-state index in [2.05, 4.69) is 25.9 Å². The third kappa shape index (κ3) is 2.55. The van der Waals surface area contributed by atoms with Gasteiger partial charge in [-0.05, 0) is 40.2 Å². The van der Waals surface area contributed by atoms with Crippen LogP contribution in [0.4, 0.5) is 4.39 Å². The number of nitrogens with zero attached hydrogens (tertiary/aromatic N) is 3. The highest BCUT2D eigenvalue weighted by Crippen LogP contribution is 2.25. The maximum Gasteiger partial charge on any atom is 0.173 e. The summed E-state index contributed by atoms with van der Waals surface area (Å²) in [4.78, 5) is 8.42. The molecule has 0 bridgehead atoms. The van der Waals surface area contributed by atoms with Gasteiger partial charge >= 0.3 is 0 Å². The molecule has 114 valence electrons. The van der Waals surface area contributed by atoms with Gasteiger partial charge in [0.2, 0.25) is 0 Å². The normalized spacial score (nSPS) is 11.2. The minimum atomic E-state index is -0.375. The number of ether oxygens (including phenoxy) is 1. The van der Waals surface area contributed by atoms with Crippen molar-refractivity contribution in [2.45, 2.75) is 6.61 Å². The quantitative estimate of drug-likeness (QED) is 0.536. The van der Waals surface area contributed by atoms with E-state index >= 15 is 0 Å². The van der Waals surface area contributed by atoms with Gasteiger partial charge in [-0.25, -0.2) is 9.37 Å². The molecular formula is C17H11BrFN3O. The Labute approximate surface area is 139 Å². The molecule has 6 heteroatoms. The third-order valence-electron chi connectivity index (χ3n) is 3.59. The largest absolute Gasteiger partial charge is 0.487 e. The van der Waals surface area contributed by atoms with Crippen LogP contribution in [0, 0.1) is 5.82 Å². The highest BCUT2D eigenvalue weighted by molar-refractivity contribution is 9.10. The van der Waals surface area contributed by atoms with E-state index in [1.165, 1.54) is 6.07 Å². The second kappa shape index (κ2) is 5.62. The van der Waals surface area contributed by atoms with Crippen molar-refractivity contribution in [3.63, 3.8) is 0 Å². The number of halogens is 2. The molecule has 4 rings (SSSR count). The number of benzene rings is 1. The van der Waals surface area contributed by atoms with Gasteiger partial charge in [0, 0.05) is 22.3 Å². The fourth-order valence-corrected chi connectivity index (χ4v) is 2.92. The number of fused-ring (bicyclic) bond motifs is 2. The van der Waals surface area contributed by atoms with E-state index in [1.807, 2.05) is 30.3 Å². The lowest BCUT2D eigenvalue weighted by atomic mass is 10.2. The van der Waals surface area contributed by atoms with E-state index in [9.17, 15) is 4.39 Å². The topological polar surface area (TPSA) is 39.4 Å². The number of hydrogen-bond acceptors (Lipinski definition) is 3. The average Bonchev–Trinajstić information content (AvgIpc) is 2.96. The molecule has 4 nitrogen and oxygen atoms in total. The van der Waals surface area contributed by atoms with Gasteiger partial charge < -0.3 is 4.74 Å². The Bertz CT molecular complexity index is 1010. The Balaban J connectivity index is 1.69. The smallest absolute Gasteiger partial charge is 0.173 e. The van der Waals surface area contributed by atoms with Crippen LogP contribution in [-0.2, 0) is 6.61 Å². The molecule has 0 saturated carbocycles. The Morgan fingerprint density at radius 1 is 1.17 bits per heavy atom. The van der Waals surface area contributed by atoms with Crippen LogP contribution in [0.5, 0.6) is 5.75 Å². The van der Waals surface area contributed by atoms with E-state index in [0.717, 1.165) is 22.3 Å². The minimum Gasteiger partial charge on any atom is -0.487 e. The maximum atomic E-state index is 13.9. The van der Waals surface area contributed by atoms with Gasteiger partial charge in [0.1, 0.15) is 12.4 Å². The molecule has 0 spiro atoms. The molecule has 0 N–H and O–H groups in total. The first-order valence-electron chi connectivity index (χ1n) is 7.00. The van der Waals surface area contributed by atoms with Gasteiger partial charge in [-0.1, -0.05) is 12.1 Å². The number of rotatable bonds is 3. The predicted molar refractivity (Wildman–Crippen MR) is 88.9 cm³/mol. The van der Waals surface area contributed by atoms with Crippen molar-refractivity contribution >= 4 is 32.5 Å². The summed E-state index contributed by atoms with van der Waals surface area (Å²) in [5.74, 6) is 0.362.